The predicted molar refractivity (Wildman–Crippen MR) is 121 cm³/mol. The molecule has 0 spiro atoms. The molecule has 0 heterocycles. The van der Waals surface area contributed by atoms with Gasteiger partial charge in [0.05, 0.1) is 12.1 Å². The fourth-order valence-corrected chi connectivity index (χ4v) is 3.49. The molecule has 0 amide bonds. The third-order valence-electron chi connectivity index (χ3n) is 4.78. The number of aliphatic carboxylic acids is 1. The van der Waals surface area contributed by atoms with Crippen molar-refractivity contribution in [3.63, 3.8) is 0 Å². The van der Waals surface area contributed by atoms with Crippen molar-refractivity contribution in [1.29, 1.82) is 5.26 Å². The molecule has 0 bridgehead atoms. The SMILES string of the molecule is Cc1cc(/C=C/c2cccc(-c3ccccc3)c2C#N)c(Cl)cc1CNCC(=O)O. The number of hydrogen-bond acceptors (Lipinski definition) is 3. The van der Waals surface area contributed by atoms with Crippen LogP contribution in [0.4, 0.5) is 0 Å². The minimum atomic E-state index is -0.899. The Morgan fingerprint density at radius 2 is 1.83 bits per heavy atom. The number of carbonyl (C=O) groups is 1. The van der Waals surface area contributed by atoms with Gasteiger partial charge >= 0.3 is 5.97 Å². The molecule has 30 heavy (non-hydrogen) atoms. The number of nitrogens with one attached hydrogen (secondary N) is 1. The van der Waals surface area contributed by atoms with Gasteiger partial charge < -0.3 is 10.4 Å². The van der Waals surface area contributed by atoms with Crippen LogP contribution in [0.1, 0.15) is 27.8 Å². The average Bonchev–Trinajstić information content (AvgIpc) is 2.75. The summed E-state index contributed by atoms with van der Waals surface area (Å²) in [5.41, 5.74) is 6.11. The number of aryl methyl sites for hydroxylation is 1. The third kappa shape index (κ3) is 5.15. The standard InChI is InChI=1S/C25H21ClN2O2/c1-17-12-20(24(26)13-21(17)15-28-16-25(29)30)11-10-19-8-5-9-22(23(19)14-27)18-6-3-2-4-7-18/h2-13,28H,15-16H2,1H3,(H,29,30)/b11-10+. The number of halogens is 1. The van der Waals surface area contributed by atoms with E-state index in [1.807, 2.05) is 79.7 Å². The maximum atomic E-state index is 10.7. The van der Waals surface area contributed by atoms with Crippen molar-refractivity contribution in [1.82, 2.24) is 5.32 Å². The summed E-state index contributed by atoms with van der Waals surface area (Å²) in [5.74, 6) is -0.899. The fourth-order valence-electron chi connectivity index (χ4n) is 3.24. The molecule has 4 nitrogen and oxygen atoms in total. The van der Waals surface area contributed by atoms with E-state index in [4.69, 9.17) is 16.7 Å². The summed E-state index contributed by atoms with van der Waals surface area (Å²) in [5, 5.41) is 21.9. The molecule has 3 rings (SSSR count). The monoisotopic (exact) mass is 416 g/mol. The molecule has 0 radical (unpaired) electrons. The summed E-state index contributed by atoms with van der Waals surface area (Å²) in [6.07, 6.45) is 3.79. The van der Waals surface area contributed by atoms with Gasteiger partial charge in [0, 0.05) is 17.1 Å². The quantitative estimate of drug-likeness (QED) is 0.496. The Balaban J connectivity index is 1.88. The number of rotatable bonds is 7. The van der Waals surface area contributed by atoms with Crippen LogP contribution in [-0.4, -0.2) is 17.6 Å². The first kappa shape index (κ1) is 21.3. The van der Waals surface area contributed by atoms with Crippen LogP contribution in [0.25, 0.3) is 23.3 Å². The van der Waals surface area contributed by atoms with Crippen molar-refractivity contribution in [3.8, 4) is 17.2 Å². The van der Waals surface area contributed by atoms with Gasteiger partial charge in [-0.1, -0.05) is 78.4 Å². The van der Waals surface area contributed by atoms with Gasteiger partial charge in [0.1, 0.15) is 6.07 Å². The minimum Gasteiger partial charge on any atom is -0.480 e. The lowest BCUT2D eigenvalue weighted by atomic mass is 9.95. The Hall–Kier alpha value is -3.39. The summed E-state index contributed by atoms with van der Waals surface area (Å²) in [7, 11) is 0. The van der Waals surface area contributed by atoms with Gasteiger partial charge in [-0.05, 0) is 40.8 Å². The van der Waals surface area contributed by atoms with Crippen molar-refractivity contribution in [2.24, 2.45) is 0 Å². The minimum absolute atomic E-state index is 0.104. The molecule has 2 N–H and O–H groups in total. The van der Waals surface area contributed by atoms with Crippen molar-refractivity contribution < 1.29 is 9.90 Å². The zero-order valence-electron chi connectivity index (χ0n) is 16.5. The van der Waals surface area contributed by atoms with E-state index in [0.717, 1.165) is 33.4 Å². The molecule has 0 fully saturated rings. The van der Waals surface area contributed by atoms with Crippen molar-refractivity contribution >= 4 is 29.7 Å². The maximum absolute atomic E-state index is 10.7. The molecule has 150 valence electrons. The molecule has 0 aliphatic heterocycles. The van der Waals surface area contributed by atoms with Gasteiger partial charge in [0.25, 0.3) is 0 Å². The lowest BCUT2D eigenvalue weighted by molar-refractivity contribution is -0.136. The molecule has 0 aliphatic rings. The number of hydrogen-bond donors (Lipinski definition) is 2. The van der Waals surface area contributed by atoms with Crippen LogP contribution in [0.3, 0.4) is 0 Å². The van der Waals surface area contributed by atoms with Crippen LogP contribution < -0.4 is 5.32 Å². The van der Waals surface area contributed by atoms with Crippen molar-refractivity contribution in [3.05, 3.63) is 93.5 Å². The summed E-state index contributed by atoms with van der Waals surface area (Å²) >= 11 is 6.45. The highest BCUT2D eigenvalue weighted by atomic mass is 35.5. The number of carboxylic acids is 1. The first-order chi connectivity index (χ1) is 14.5. The first-order valence-corrected chi connectivity index (χ1v) is 9.85. The molecule has 5 heteroatoms. The van der Waals surface area contributed by atoms with Gasteiger partial charge in [-0.3, -0.25) is 4.79 Å². The van der Waals surface area contributed by atoms with E-state index in [9.17, 15) is 10.1 Å². The molecule has 0 aliphatic carbocycles. The van der Waals surface area contributed by atoms with Crippen LogP contribution in [0.2, 0.25) is 5.02 Å². The second-order valence-electron chi connectivity index (χ2n) is 6.88. The van der Waals surface area contributed by atoms with E-state index in [1.54, 1.807) is 0 Å². The molecule has 0 atom stereocenters. The van der Waals surface area contributed by atoms with E-state index in [0.29, 0.717) is 17.1 Å². The predicted octanol–water partition coefficient (Wildman–Crippen LogP) is 5.53. The Kier molecular flexibility index (Phi) is 7.03. The van der Waals surface area contributed by atoms with Gasteiger partial charge in [-0.15, -0.1) is 0 Å². The first-order valence-electron chi connectivity index (χ1n) is 9.47. The molecule has 3 aromatic carbocycles. The number of nitrogens with zero attached hydrogens (tertiary/aromatic N) is 1. The van der Waals surface area contributed by atoms with E-state index >= 15 is 0 Å². The molecule has 3 aromatic rings. The van der Waals surface area contributed by atoms with Crippen LogP contribution in [0.5, 0.6) is 0 Å². The van der Waals surface area contributed by atoms with E-state index in [1.165, 1.54) is 0 Å². The fraction of sp³-hybridized carbons (Fsp3) is 0.120. The van der Waals surface area contributed by atoms with Crippen molar-refractivity contribution in [2.75, 3.05) is 6.54 Å². The zero-order valence-corrected chi connectivity index (χ0v) is 17.3. The Bertz CT molecular complexity index is 1130. The van der Waals surface area contributed by atoms with Crippen LogP contribution in [-0.2, 0) is 11.3 Å². The van der Waals surface area contributed by atoms with Gasteiger partial charge in [0.15, 0.2) is 0 Å². The molecule has 0 aromatic heterocycles. The third-order valence-corrected chi connectivity index (χ3v) is 5.11. The molecular weight excluding hydrogens is 396 g/mol. The van der Waals surface area contributed by atoms with Crippen LogP contribution in [0.15, 0.2) is 60.7 Å². The molecule has 0 saturated heterocycles. The van der Waals surface area contributed by atoms with E-state index < -0.39 is 5.97 Å². The lowest BCUT2D eigenvalue weighted by Crippen LogP contribution is -2.22. The lowest BCUT2D eigenvalue weighted by Gasteiger charge is -2.10. The Morgan fingerprint density at radius 1 is 1.10 bits per heavy atom. The van der Waals surface area contributed by atoms with E-state index in [2.05, 4.69) is 11.4 Å². The number of nitriles is 1. The summed E-state index contributed by atoms with van der Waals surface area (Å²) in [6, 6.07) is 21.8. The number of carboxylic acid groups (broad SMARTS) is 1. The largest absolute Gasteiger partial charge is 0.480 e. The second kappa shape index (κ2) is 9.89. The van der Waals surface area contributed by atoms with E-state index in [-0.39, 0.29) is 6.54 Å². The van der Waals surface area contributed by atoms with Crippen molar-refractivity contribution in [2.45, 2.75) is 13.5 Å². The Labute approximate surface area is 181 Å². The van der Waals surface area contributed by atoms with Crippen LogP contribution >= 0.6 is 11.6 Å². The highest BCUT2D eigenvalue weighted by molar-refractivity contribution is 6.32. The summed E-state index contributed by atoms with van der Waals surface area (Å²) in [4.78, 5) is 10.7. The van der Waals surface area contributed by atoms with Gasteiger partial charge in [0.2, 0.25) is 0 Å². The molecular formula is C25H21ClN2O2. The smallest absolute Gasteiger partial charge is 0.317 e. The maximum Gasteiger partial charge on any atom is 0.317 e. The summed E-state index contributed by atoms with van der Waals surface area (Å²) in [6.45, 7) is 2.29. The van der Waals surface area contributed by atoms with Gasteiger partial charge in [-0.25, -0.2) is 0 Å². The number of benzene rings is 3. The Morgan fingerprint density at radius 3 is 2.53 bits per heavy atom. The normalized spacial score (nSPS) is 10.8. The van der Waals surface area contributed by atoms with Gasteiger partial charge in [-0.2, -0.15) is 5.26 Å². The topological polar surface area (TPSA) is 73.1 Å². The molecule has 0 unspecified atom stereocenters. The van der Waals surface area contributed by atoms with Crippen LogP contribution in [0, 0.1) is 18.3 Å². The zero-order chi connectivity index (χ0) is 21.5. The second-order valence-corrected chi connectivity index (χ2v) is 7.29. The molecule has 0 saturated carbocycles. The average molecular weight is 417 g/mol. The highest BCUT2D eigenvalue weighted by Gasteiger charge is 2.09. The highest BCUT2D eigenvalue weighted by Crippen LogP contribution is 2.28. The summed E-state index contributed by atoms with van der Waals surface area (Å²) < 4.78 is 0.